The Kier molecular flexibility index (Phi) is 7.81. The van der Waals surface area contributed by atoms with E-state index in [4.69, 9.17) is 9.47 Å². The Bertz CT molecular complexity index is 361. The monoisotopic (exact) mass is 329 g/mol. The Morgan fingerprint density at radius 1 is 1.30 bits per heavy atom. The fourth-order valence-corrected chi connectivity index (χ4v) is 2.58. The second-order valence-corrected chi connectivity index (χ2v) is 8.38. The molecule has 136 valence electrons. The van der Waals surface area contributed by atoms with E-state index in [2.05, 4.69) is 19.2 Å². The van der Waals surface area contributed by atoms with Crippen molar-refractivity contribution in [3.05, 3.63) is 0 Å². The van der Waals surface area contributed by atoms with Crippen LogP contribution in [0, 0.1) is 17.3 Å². The highest BCUT2D eigenvalue weighted by Gasteiger charge is 2.37. The third-order valence-electron chi connectivity index (χ3n) is 3.99. The summed E-state index contributed by atoms with van der Waals surface area (Å²) in [4.78, 5) is 11.9. The van der Waals surface area contributed by atoms with Gasteiger partial charge in [0.15, 0.2) is 0 Å². The van der Waals surface area contributed by atoms with Crippen LogP contribution in [0.2, 0.25) is 0 Å². The van der Waals surface area contributed by atoms with Gasteiger partial charge in [0.05, 0.1) is 6.61 Å². The summed E-state index contributed by atoms with van der Waals surface area (Å²) in [5.74, 6) is 1.18. The number of ether oxygens (including phenoxy) is 2. The van der Waals surface area contributed by atoms with Crippen molar-refractivity contribution in [2.45, 2.75) is 65.9 Å². The summed E-state index contributed by atoms with van der Waals surface area (Å²) < 4.78 is 11.0. The second-order valence-electron chi connectivity index (χ2n) is 8.38. The highest BCUT2D eigenvalue weighted by atomic mass is 16.6. The molecule has 5 nitrogen and oxygen atoms in total. The van der Waals surface area contributed by atoms with Crippen LogP contribution in [0.1, 0.15) is 60.3 Å². The molecule has 0 heterocycles. The van der Waals surface area contributed by atoms with Gasteiger partial charge in [-0.15, -0.1) is 0 Å². The van der Waals surface area contributed by atoms with Crippen molar-refractivity contribution >= 4 is 6.09 Å². The molecule has 0 aromatic carbocycles. The molecule has 1 aliphatic rings. The maximum atomic E-state index is 11.9. The van der Waals surface area contributed by atoms with Gasteiger partial charge in [-0.2, -0.15) is 0 Å². The van der Waals surface area contributed by atoms with E-state index in [0.717, 1.165) is 19.4 Å². The van der Waals surface area contributed by atoms with Gasteiger partial charge in [0, 0.05) is 25.2 Å². The summed E-state index contributed by atoms with van der Waals surface area (Å²) in [7, 11) is 0. The Labute approximate surface area is 141 Å². The molecule has 1 rings (SSSR count). The van der Waals surface area contributed by atoms with Crippen LogP contribution in [-0.4, -0.2) is 43.2 Å². The van der Waals surface area contributed by atoms with Gasteiger partial charge in [-0.05, 0) is 45.4 Å². The number of aliphatic hydroxyl groups excluding tert-OH is 1. The smallest absolute Gasteiger partial charge is 0.407 e. The number of aliphatic hydroxyl groups is 1. The molecular weight excluding hydrogens is 294 g/mol. The quantitative estimate of drug-likeness (QED) is 0.603. The normalized spacial score (nSPS) is 17.9. The molecule has 2 N–H and O–H groups in total. The van der Waals surface area contributed by atoms with E-state index in [1.165, 1.54) is 12.8 Å². The Balaban J connectivity index is 2.50. The topological polar surface area (TPSA) is 67.8 Å². The van der Waals surface area contributed by atoms with Crippen molar-refractivity contribution in [3.8, 4) is 0 Å². The summed E-state index contributed by atoms with van der Waals surface area (Å²) in [5, 5.41) is 12.8. The number of rotatable bonds is 10. The average molecular weight is 329 g/mol. The van der Waals surface area contributed by atoms with E-state index in [0.29, 0.717) is 25.0 Å². The zero-order valence-corrected chi connectivity index (χ0v) is 15.5. The van der Waals surface area contributed by atoms with E-state index in [9.17, 15) is 9.90 Å². The lowest BCUT2D eigenvalue weighted by atomic mass is 9.80. The number of carbonyl (C=O) groups is 1. The minimum absolute atomic E-state index is 0.0599. The number of alkyl carbamates (subject to hydrolysis) is 1. The first-order valence-corrected chi connectivity index (χ1v) is 8.81. The maximum Gasteiger partial charge on any atom is 0.407 e. The molecule has 0 spiro atoms. The van der Waals surface area contributed by atoms with Gasteiger partial charge in [0.25, 0.3) is 0 Å². The number of carbonyl (C=O) groups excluding carboxylic acids is 1. The van der Waals surface area contributed by atoms with Gasteiger partial charge in [0.2, 0.25) is 0 Å². The second kappa shape index (κ2) is 8.88. The molecule has 1 unspecified atom stereocenters. The zero-order chi connectivity index (χ0) is 17.5. The molecule has 0 aromatic rings. The van der Waals surface area contributed by atoms with Crippen molar-refractivity contribution in [1.29, 1.82) is 0 Å². The maximum absolute atomic E-state index is 11.9. The molecule has 0 aliphatic heterocycles. The first kappa shape index (κ1) is 20.2. The van der Waals surface area contributed by atoms with Crippen molar-refractivity contribution in [3.63, 3.8) is 0 Å². The zero-order valence-electron chi connectivity index (χ0n) is 15.5. The first-order valence-electron chi connectivity index (χ1n) is 8.81. The minimum atomic E-state index is -0.511. The molecule has 0 aromatic heterocycles. The van der Waals surface area contributed by atoms with E-state index < -0.39 is 11.7 Å². The van der Waals surface area contributed by atoms with Crippen LogP contribution in [0.25, 0.3) is 0 Å². The van der Waals surface area contributed by atoms with Crippen molar-refractivity contribution in [2.24, 2.45) is 17.3 Å². The summed E-state index contributed by atoms with van der Waals surface area (Å²) >= 11 is 0. The first-order chi connectivity index (χ1) is 10.7. The summed E-state index contributed by atoms with van der Waals surface area (Å²) in [6, 6.07) is 0. The molecule has 1 atom stereocenters. The third-order valence-corrected chi connectivity index (χ3v) is 3.99. The van der Waals surface area contributed by atoms with Crippen molar-refractivity contribution in [1.82, 2.24) is 5.32 Å². The van der Waals surface area contributed by atoms with Gasteiger partial charge in [0.1, 0.15) is 5.60 Å². The predicted molar refractivity (Wildman–Crippen MR) is 91.4 cm³/mol. The van der Waals surface area contributed by atoms with Crippen LogP contribution in [0.15, 0.2) is 0 Å². The Morgan fingerprint density at radius 2 is 1.96 bits per heavy atom. The minimum Gasteiger partial charge on any atom is -0.444 e. The number of amides is 1. The summed E-state index contributed by atoms with van der Waals surface area (Å²) in [6.45, 7) is 11.6. The molecule has 0 bridgehead atoms. The predicted octanol–water partition coefficient (Wildman–Crippen LogP) is 3.35. The lowest BCUT2D eigenvalue weighted by molar-refractivity contribution is 0.0281. The van der Waals surface area contributed by atoms with E-state index in [1.807, 2.05) is 20.8 Å². The molecule has 1 saturated carbocycles. The SMILES string of the molecule is CC(C)COCCC(CO)(CNC(=O)OC(C)(C)C)CC1CC1. The van der Waals surface area contributed by atoms with Crippen LogP contribution in [0.5, 0.6) is 0 Å². The highest BCUT2D eigenvalue weighted by Crippen LogP contribution is 2.41. The molecular formula is C18H35NO4. The molecule has 0 saturated heterocycles. The van der Waals surface area contributed by atoms with E-state index >= 15 is 0 Å². The van der Waals surface area contributed by atoms with E-state index in [-0.39, 0.29) is 12.0 Å². The molecule has 1 fully saturated rings. The van der Waals surface area contributed by atoms with E-state index in [1.54, 1.807) is 0 Å². The summed E-state index contributed by atoms with van der Waals surface area (Å²) in [5.41, 5.74) is -0.822. The fraction of sp³-hybridized carbons (Fsp3) is 0.944. The fourth-order valence-electron chi connectivity index (χ4n) is 2.58. The standard InChI is InChI=1S/C18H35NO4/c1-14(2)11-22-9-8-18(13-20,10-15-6-7-15)12-19-16(21)23-17(3,4)5/h14-15,20H,6-13H2,1-5H3,(H,19,21). The lowest BCUT2D eigenvalue weighted by Crippen LogP contribution is -2.43. The average Bonchev–Trinajstić information content (AvgIpc) is 3.22. The number of nitrogens with one attached hydrogen (secondary N) is 1. The van der Waals surface area contributed by atoms with Gasteiger partial charge in [-0.1, -0.05) is 26.7 Å². The van der Waals surface area contributed by atoms with Crippen LogP contribution in [0.4, 0.5) is 4.79 Å². The van der Waals surface area contributed by atoms with Gasteiger partial charge >= 0.3 is 6.09 Å². The molecule has 0 radical (unpaired) electrons. The van der Waals surface area contributed by atoms with Crippen LogP contribution in [0.3, 0.4) is 0 Å². The summed E-state index contributed by atoms with van der Waals surface area (Å²) in [6.07, 6.45) is 3.71. The Hall–Kier alpha value is -0.810. The van der Waals surface area contributed by atoms with Gasteiger partial charge in [-0.25, -0.2) is 4.79 Å². The molecule has 1 amide bonds. The number of hydrogen-bond donors (Lipinski definition) is 2. The Morgan fingerprint density at radius 3 is 2.43 bits per heavy atom. The van der Waals surface area contributed by atoms with Crippen molar-refractivity contribution < 1.29 is 19.4 Å². The number of hydrogen-bond acceptors (Lipinski definition) is 4. The molecule has 5 heteroatoms. The highest BCUT2D eigenvalue weighted by molar-refractivity contribution is 5.67. The molecule has 1 aliphatic carbocycles. The van der Waals surface area contributed by atoms with Gasteiger partial charge in [-0.3, -0.25) is 0 Å². The molecule has 23 heavy (non-hydrogen) atoms. The van der Waals surface area contributed by atoms with Crippen LogP contribution in [-0.2, 0) is 9.47 Å². The van der Waals surface area contributed by atoms with Gasteiger partial charge < -0.3 is 19.9 Å². The largest absolute Gasteiger partial charge is 0.444 e. The lowest BCUT2D eigenvalue weighted by Gasteiger charge is -2.33. The van der Waals surface area contributed by atoms with Crippen LogP contribution >= 0.6 is 0 Å². The third kappa shape index (κ3) is 9.16. The van der Waals surface area contributed by atoms with Crippen molar-refractivity contribution in [2.75, 3.05) is 26.4 Å². The van der Waals surface area contributed by atoms with Crippen LogP contribution < -0.4 is 5.32 Å².